The lowest BCUT2D eigenvalue weighted by molar-refractivity contribution is -0.113. The lowest BCUT2D eigenvalue weighted by Gasteiger charge is -2.22. The van der Waals surface area contributed by atoms with E-state index in [1.165, 1.54) is 13.2 Å². The second kappa shape index (κ2) is 11.1. The summed E-state index contributed by atoms with van der Waals surface area (Å²) in [5.41, 5.74) is 3.60. The van der Waals surface area contributed by atoms with Gasteiger partial charge in [-0.25, -0.2) is 4.99 Å². The van der Waals surface area contributed by atoms with Crippen LogP contribution in [0.15, 0.2) is 114 Å². The number of aliphatic imine (C=N–C) groups is 1. The minimum Gasteiger partial charge on any atom is -0.504 e. The first-order chi connectivity index (χ1) is 19.0. The Morgan fingerprint density at radius 1 is 0.949 bits per heavy atom. The van der Waals surface area contributed by atoms with E-state index >= 15 is 0 Å². The number of carbonyl (C=O) groups is 2. The average Bonchev–Trinajstić information content (AvgIpc) is 3.30. The van der Waals surface area contributed by atoms with Gasteiger partial charge in [-0.1, -0.05) is 54.6 Å². The Morgan fingerprint density at radius 3 is 2.26 bits per heavy atom. The fourth-order valence-electron chi connectivity index (χ4n) is 4.44. The summed E-state index contributed by atoms with van der Waals surface area (Å²) in [6, 6.07) is 30.8. The van der Waals surface area contributed by atoms with Gasteiger partial charge in [-0.3, -0.25) is 14.5 Å². The molecule has 0 spiro atoms. The molecule has 0 aromatic heterocycles. The summed E-state index contributed by atoms with van der Waals surface area (Å²) >= 11 is 0. The van der Waals surface area contributed by atoms with Gasteiger partial charge in [0.25, 0.3) is 11.8 Å². The van der Waals surface area contributed by atoms with E-state index in [-0.39, 0.29) is 23.3 Å². The number of aromatic hydroxyl groups is 1. The molecule has 4 aromatic rings. The third-order valence-electron chi connectivity index (χ3n) is 6.40. The van der Waals surface area contributed by atoms with Crippen LogP contribution in [0.5, 0.6) is 11.5 Å². The molecule has 5 rings (SSSR count). The Morgan fingerprint density at radius 2 is 1.62 bits per heavy atom. The molecule has 7 nitrogen and oxygen atoms in total. The molecular formula is C32H27N3O4. The molecule has 7 heteroatoms. The van der Waals surface area contributed by atoms with E-state index in [1.54, 1.807) is 52.3 Å². The standard InChI is InChI=1S/C32H27N3O4/c1-3-34(25-12-8-5-9-13-25)31(37)24-15-17-26(18-16-24)35-30(23-10-6-4-7-11-23)33-27(32(35)38)20-22-14-19-28(36)29(21-22)39-2/h4-21,36H,3H2,1-2H3/b27-20-. The molecule has 1 aliphatic heterocycles. The lowest BCUT2D eigenvalue weighted by Crippen LogP contribution is -2.33. The number of anilines is 2. The molecule has 2 amide bonds. The van der Waals surface area contributed by atoms with Crippen molar-refractivity contribution in [2.45, 2.75) is 6.92 Å². The molecule has 39 heavy (non-hydrogen) atoms. The zero-order chi connectivity index (χ0) is 27.4. The number of para-hydroxylation sites is 1. The lowest BCUT2D eigenvalue weighted by atomic mass is 10.1. The molecule has 1 heterocycles. The van der Waals surface area contributed by atoms with Gasteiger partial charge in [0, 0.05) is 23.4 Å². The van der Waals surface area contributed by atoms with Crippen molar-refractivity contribution in [2.75, 3.05) is 23.5 Å². The van der Waals surface area contributed by atoms with Crippen molar-refractivity contribution in [3.8, 4) is 11.5 Å². The summed E-state index contributed by atoms with van der Waals surface area (Å²) in [4.78, 5) is 34.9. The maximum Gasteiger partial charge on any atom is 0.282 e. The first-order valence-corrected chi connectivity index (χ1v) is 12.5. The largest absolute Gasteiger partial charge is 0.504 e. The highest BCUT2D eigenvalue weighted by atomic mass is 16.5. The molecule has 194 valence electrons. The topological polar surface area (TPSA) is 82.4 Å². The van der Waals surface area contributed by atoms with Crippen LogP contribution < -0.4 is 14.5 Å². The number of hydrogen-bond donors (Lipinski definition) is 1. The number of phenolic OH excluding ortho intramolecular Hbond substituents is 1. The Hall–Kier alpha value is -5.17. The smallest absolute Gasteiger partial charge is 0.282 e. The van der Waals surface area contributed by atoms with E-state index in [4.69, 9.17) is 4.74 Å². The number of carbonyl (C=O) groups excluding carboxylic acids is 2. The van der Waals surface area contributed by atoms with E-state index in [0.29, 0.717) is 34.9 Å². The van der Waals surface area contributed by atoms with Crippen LogP contribution in [-0.4, -0.2) is 36.4 Å². The third kappa shape index (κ3) is 5.15. The number of amides is 2. The number of amidine groups is 1. The Labute approximate surface area is 226 Å². The van der Waals surface area contributed by atoms with Gasteiger partial charge >= 0.3 is 0 Å². The van der Waals surface area contributed by atoms with Crippen molar-refractivity contribution in [3.63, 3.8) is 0 Å². The second-order valence-corrected chi connectivity index (χ2v) is 8.83. The highest BCUT2D eigenvalue weighted by Gasteiger charge is 2.32. The number of nitrogens with zero attached hydrogens (tertiary/aromatic N) is 3. The molecule has 0 unspecified atom stereocenters. The second-order valence-electron chi connectivity index (χ2n) is 8.83. The van der Waals surface area contributed by atoms with Crippen molar-refractivity contribution < 1.29 is 19.4 Å². The van der Waals surface area contributed by atoms with Crippen LogP contribution in [0.3, 0.4) is 0 Å². The van der Waals surface area contributed by atoms with Gasteiger partial charge in [0.2, 0.25) is 0 Å². The number of rotatable bonds is 7. The van der Waals surface area contributed by atoms with Gasteiger partial charge in [-0.2, -0.15) is 0 Å². The van der Waals surface area contributed by atoms with Crippen molar-refractivity contribution >= 4 is 35.1 Å². The number of benzene rings is 4. The van der Waals surface area contributed by atoms with Gasteiger partial charge in [0.05, 0.1) is 12.8 Å². The molecule has 0 aliphatic carbocycles. The number of ether oxygens (including phenoxy) is 1. The molecule has 1 N–H and O–H groups in total. The molecule has 0 bridgehead atoms. The molecule has 0 saturated heterocycles. The van der Waals surface area contributed by atoms with Crippen molar-refractivity contribution in [3.05, 3.63) is 126 Å². The van der Waals surface area contributed by atoms with E-state index in [2.05, 4.69) is 4.99 Å². The molecule has 0 atom stereocenters. The average molecular weight is 518 g/mol. The van der Waals surface area contributed by atoms with Gasteiger partial charge in [0.15, 0.2) is 11.5 Å². The van der Waals surface area contributed by atoms with Crippen molar-refractivity contribution in [2.24, 2.45) is 4.99 Å². The first-order valence-electron chi connectivity index (χ1n) is 12.5. The van der Waals surface area contributed by atoms with Crippen LogP contribution in [0.2, 0.25) is 0 Å². The number of methoxy groups -OCH3 is 1. The summed E-state index contributed by atoms with van der Waals surface area (Å²) in [5, 5.41) is 9.93. The summed E-state index contributed by atoms with van der Waals surface area (Å²) < 4.78 is 5.20. The predicted octanol–water partition coefficient (Wildman–Crippen LogP) is 5.90. The first kappa shape index (κ1) is 25.5. The van der Waals surface area contributed by atoms with Crippen LogP contribution in [0.4, 0.5) is 11.4 Å². The fourth-order valence-corrected chi connectivity index (χ4v) is 4.44. The Bertz CT molecular complexity index is 1560. The third-order valence-corrected chi connectivity index (χ3v) is 6.40. The van der Waals surface area contributed by atoms with E-state index in [1.807, 2.05) is 67.6 Å². The molecule has 0 saturated carbocycles. The maximum absolute atomic E-state index is 13.7. The molecule has 0 fully saturated rings. The van der Waals surface area contributed by atoms with Gasteiger partial charge in [-0.05, 0) is 67.1 Å². The number of hydrogen-bond acceptors (Lipinski definition) is 5. The zero-order valence-electron chi connectivity index (χ0n) is 21.6. The summed E-state index contributed by atoms with van der Waals surface area (Å²) in [6.45, 7) is 2.46. The summed E-state index contributed by atoms with van der Waals surface area (Å²) in [5.74, 6) is 0.365. The van der Waals surface area contributed by atoms with E-state index < -0.39 is 0 Å². The van der Waals surface area contributed by atoms with Crippen LogP contribution in [0.25, 0.3) is 6.08 Å². The maximum atomic E-state index is 13.7. The zero-order valence-corrected chi connectivity index (χ0v) is 21.6. The fraction of sp³-hybridized carbons (Fsp3) is 0.0938. The minimum absolute atomic E-state index is 0.0102. The normalized spacial score (nSPS) is 13.9. The molecule has 0 radical (unpaired) electrons. The van der Waals surface area contributed by atoms with Crippen LogP contribution in [0, 0.1) is 0 Å². The summed E-state index contributed by atoms with van der Waals surface area (Å²) in [7, 11) is 1.47. The minimum atomic E-state index is -0.306. The van der Waals surface area contributed by atoms with Gasteiger partial charge in [0.1, 0.15) is 11.5 Å². The van der Waals surface area contributed by atoms with E-state index in [9.17, 15) is 14.7 Å². The highest BCUT2D eigenvalue weighted by molar-refractivity contribution is 6.33. The van der Waals surface area contributed by atoms with Gasteiger partial charge < -0.3 is 14.7 Å². The van der Waals surface area contributed by atoms with Crippen LogP contribution in [0.1, 0.15) is 28.4 Å². The Kier molecular flexibility index (Phi) is 7.23. The monoisotopic (exact) mass is 517 g/mol. The molecule has 4 aromatic carbocycles. The van der Waals surface area contributed by atoms with Crippen LogP contribution in [-0.2, 0) is 4.79 Å². The predicted molar refractivity (Wildman–Crippen MR) is 153 cm³/mol. The SMILES string of the molecule is CCN(C(=O)c1ccc(N2C(=O)/C(=C/c3ccc(O)c(OC)c3)N=C2c2ccccc2)cc1)c1ccccc1. The Balaban J connectivity index is 1.49. The number of phenols is 1. The molecular weight excluding hydrogens is 490 g/mol. The van der Waals surface area contributed by atoms with Crippen molar-refractivity contribution in [1.82, 2.24) is 0 Å². The quantitative estimate of drug-likeness (QED) is 0.309. The van der Waals surface area contributed by atoms with Crippen molar-refractivity contribution in [1.29, 1.82) is 0 Å². The van der Waals surface area contributed by atoms with Crippen LogP contribution >= 0.6 is 0 Å². The summed E-state index contributed by atoms with van der Waals surface area (Å²) in [6.07, 6.45) is 1.66. The molecule has 1 aliphatic rings. The highest BCUT2D eigenvalue weighted by Crippen LogP contribution is 2.31. The van der Waals surface area contributed by atoms with E-state index in [0.717, 1.165) is 11.3 Å². The van der Waals surface area contributed by atoms with Gasteiger partial charge in [-0.15, -0.1) is 0 Å².